The first-order chi connectivity index (χ1) is 6.67. The van der Waals surface area contributed by atoms with Crippen molar-refractivity contribution >= 4 is 5.69 Å². The van der Waals surface area contributed by atoms with Crippen LogP contribution in [-0.2, 0) is 0 Å². The number of hydrogen-bond acceptors (Lipinski definition) is 4. The van der Waals surface area contributed by atoms with Crippen LogP contribution in [0.2, 0.25) is 0 Å². The van der Waals surface area contributed by atoms with Gasteiger partial charge in [0.05, 0.1) is 11.9 Å². The Labute approximate surface area is 79.1 Å². The number of pyridine rings is 1. The van der Waals surface area contributed by atoms with Gasteiger partial charge in [0, 0.05) is 7.05 Å². The molecule has 0 atom stereocenters. The van der Waals surface area contributed by atoms with E-state index in [0.29, 0.717) is 5.69 Å². The highest BCUT2D eigenvalue weighted by Crippen LogP contribution is 2.19. The number of anilines is 1. The minimum Gasteiger partial charge on any atom is -0.415 e. The quantitative estimate of drug-likeness (QED) is 0.803. The lowest BCUT2D eigenvalue weighted by Gasteiger charge is -2.06. The van der Waals surface area contributed by atoms with Gasteiger partial charge in [-0.15, -0.1) is 0 Å². The molecule has 0 aliphatic carbocycles. The number of ether oxygens (including phenoxy) is 1. The Hall–Kier alpha value is -1.90. The van der Waals surface area contributed by atoms with Crippen LogP contribution in [0.4, 0.5) is 14.5 Å². The Kier molecular flexibility index (Phi) is 3.18. The van der Waals surface area contributed by atoms with Gasteiger partial charge in [-0.1, -0.05) is 0 Å². The van der Waals surface area contributed by atoms with Crippen LogP contribution < -0.4 is 10.1 Å². The minimum atomic E-state index is -2.98. The zero-order valence-electron chi connectivity index (χ0n) is 7.29. The molecule has 1 heterocycles. The first-order valence-corrected chi connectivity index (χ1v) is 3.70. The molecule has 0 aromatic carbocycles. The molecule has 0 fully saturated rings. The maximum absolute atomic E-state index is 11.8. The molecule has 0 saturated heterocycles. The Morgan fingerprint density at radius 1 is 1.64 bits per heavy atom. The molecule has 0 amide bonds. The Morgan fingerprint density at radius 2 is 2.36 bits per heavy atom. The number of aromatic nitrogens is 1. The van der Waals surface area contributed by atoms with E-state index in [0.717, 1.165) is 0 Å². The van der Waals surface area contributed by atoms with Crippen LogP contribution in [0.1, 0.15) is 5.56 Å². The Bertz CT molecular complexity index is 362. The molecule has 0 unspecified atom stereocenters. The summed E-state index contributed by atoms with van der Waals surface area (Å²) in [4.78, 5) is 3.57. The summed E-state index contributed by atoms with van der Waals surface area (Å²) in [6.45, 7) is -2.98. The van der Waals surface area contributed by atoms with Gasteiger partial charge in [-0.3, -0.25) is 0 Å². The first kappa shape index (κ1) is 10.2. The molecule has 0 spiro atoms. The van der Waals surface area contributed by atoms with Crippen LogP contribution >= 0.6 is 0 Å². The molecule has 0 aliphatic heterocycles. The number of alkyl halides is 2. The number of halogens is 2. The van der Waals surface area contributed by atoms with Crippen molar-refractivity contribution in [2.24, 2.45) is 0 Å². The molecule has 1 rings (SSSR count). The van der Waals surface area contributed by atoms with Gasteiger partial charge in [0.15, 0.2) is 0 Å². The number of nitrogens with one attached hydrogen (secondary N) is 1. The smallest absolute Gasteiger partial charge is 0.388 e. The highest BCUT2D eigenvalue weighted by molar-refractivity contribution is 5.50. The van der Waals surface area contributed by atoms with Crippen molar-refractivity contribution in [1.82, 2.24) is 4.98 Å². The normalized spacial score (nSPS) is 9.64. The highest BCUT2D eigenvalue weighted by atomic mass is 19.3. The molecule has 0 saturated carbocycles. The third-order valence-corrected chi connectivity index (χ3v) is 1.46. The highest BCUT2D eigenvalue weighted by Gasteiger charge is 2.11. The van der Waals surface area contributed by atoms with Gasteiger partial charge in [-0.25, -0.2) is 4.98 Å². The van der Waals surface area contributed by atoms with Crippen LogP contribution in [0.5, 0.6) is 5.88 Å². The predicted molar refractivity (Wildman–Crippen MR) is 45.1 cm³/mol. The van der Waals surface area contributed by atoms with Gasteiger partial charge in [-0.2, -0.15) is 14.0 Å². The predicted octanol–water partition coefficient (Wildman–Crippen LogP) is 1.60. The monoisotopic (exact) mass is 199 g/mol. The molecule has 6 heteroatoms. The summed E-state index contributed by atoms with van der Waals surface area (Å²) in [5.41, 5.74) is 0.528. The average Bonchev–Trinajstić information content (AvgIpc) is 2.17. The zero-order chi connectivity index (χ0) is 10.6. The molecule has 0 radical (unpaired) electrons. The van der Waals surface area contributed by atoms with E-state index in [1.807, 2.05) is 0 Å². The third kappa shape index (κ3) is 2.29. The van der Waals surface area contributed by atoms with Crippen molar-refractivity contribution in [3.63, 3.8) is 0 Å². The summed E-state index contributed by atoms with van der Waals surface area (Å²) in [6, 6.07) is 3.09. The largest absolute Gasteiger partial charge is 0.415 e. The molecule has 1 aromatic heterocycles. The molecular weight excluding hydrogens is 192 g/mol. The van der Waals surface area contributed by atoms with Crippen molar-refractivity contribution in [3.05, 3.63) is 17.8 Å². The topological polar surface area (TPSA) is 57.9 Å². The zero-order valence-corrected chi connectivity index (χ0v) is 7.29. The lowest BCUT2D eigenvalue weighted by Crippen LogP contribution is -2.05. The van der Waals surface area contributed by atoms with Gasteiger partial charge in [0.1, 0.15) is 11.6 Å². The molecule has 14 heavy (non-hydrogen) atoms. The third-order valence-electron chi connectivity index (χ3n) is 1.46. The average molecular weight is 199 g/mol. The van der Waals surface area contributed by atoms with Gasteiger partial charge < -0.3 is 10.1 Å². The summed E-state index contributed by atoms with van der Waals surface area (Å²) < 4.78 is 27.7. The first-order valence-electron chi connectivity index (χ1n) is 3.70. The van der Waals surface area contributed by atoms with Crippen molar-refractivity contribution in [2.45, 2.75) is 6.61 Å². The van der Waals surface area contributed by atoms with Crippen molar-refractivity contribution < 1.29 is 13.5 Å². The van der Waals surface area contributed by atoms with Crippen molar-refractivity contribution in [1.29, 1.82) is 5.26 Å². The number of rotatable bonds is 3. The maximum Gasteiger partial charge on any atom is 0.388 e. The standard InChI is InChI=1S/C8H7F2N3O/c1-12-6-2-5(3-11)7(13-4-6)14-8(9)10/h2,4,8,12H,1H3. The lowest BCUT2D eigenvalue weighted by atomic mass is 10.3. The molecule has 0 aliphatic rings. The summed E-state index contributed by atoms with van der Waals surface area (Å²) in [5.74, 6) is -0.360. The van der Waals surface area contributed by atoms with E-state index in [2.05, 4.69) is 15.0 Å². The number of nitrogens with zero attached hydrogens (tertiary/aromatic N) is 2. The second-order valence-corrected chi connectivity index (χ2v) is 2.32. The van der Waals surface area contributed by atoms with Gasteiger partial charge in [0.2, 0.25) is 5.88 Å². The van der Waals surface area contributed by atoms with E-state index in [1.54, 1.807) is 13.1 Å². The van der Waals surface area contributed by atoms with E-state index < -0.39 is 6.61 Å². The van der Waals surface area contributed by atoms with E-state index >= 15 is 0 Å². The molecule has 1 aromatic rings. The molecular formula is C8H7F2N3O. The van der Waals surface area contributed by atoms with E-state index in [9.17, 15) is 8.78 Å². The fourth-order valence-corrected chi connectivity index (χ4v) is 0.847. The second kappa shape index (κ2) is 4.37. The fraction of sp³-hybridized carbons (Fsp3) is 0.250. The summed E-state index contributed by atoms with van der Waals surface area (Å²) >= 11 is 0. The Balaban J connectivity index is 3.01. The van der Waals surface area contributed by atoms with Crippen LogP contribution in [0.25, 0.3) is 0 Å². The van der Waals surface area contributed by atoms with Gasteiger partial charge >= 0.3 is 6.61 Å². The molecule has 74 valence electrons. The van der Waals surface area contributed by atoms with Crippen LogP contribution in [-0.4, -0.2) is 18.6 Å². The van der Waals surface area contributed by atoms with Crippen molar-refractivity contribution in [2.75, 3.05) is 12.4 Å². The summed E-state index contributed by atoms with van der Waals surface area (Å²) in [6.07, 6.45) is 1.30. The van der Waals surface area contributed by atoms with E-state index in [-0.39, 0.29) is 11.4 Å². The number of hydrogen-bond donors (Lipinski definition) is 1. The Morgan fingerprint density at radius 3 is 2.86 bits per heavy atom. The van der Waals surface area contributed by atoms with Crippen LogP contribution in [0, 0.1) is 11.3 Å². The maximum atomic E-state index is 11.8. The summed E-state index contributed by atoms with van der Waals surface area (Å²) in [5, 5.41) is 11.3. The number of nitriles is 1. The van der Waals surface area contributed by atoms with Gasteiger partial charge in [0.25, 0.3) is 0 Å². The second-order valence-electron chi connectivity index (χ2n) is 2.32. The SMILES string of the molecule is CNc1cnc(OC(F)F)c(C#N)c1. The minimum absolute atomic E-state index is 0.0304. The summed E-state index contributed by atoms with van der Waals surface area (Å²) in [7, 11) is 1.63. The molecule has 4 nitrogen and oxygen atoms in total. The van der Waals surface area contributed by atoms with Gasteiger partial charge in [-0.05, 0) is 6.07 Å². The fourth-order valence-electron chi connectivity index (χ4n) is 0.847. The van der Waals surface area contributed by atoms with Crippen LogP contribution in [0.3, 0.4) is 0 Å². The lowest BCUT2D eigenvalue weighted by molar-refractivity contribution is -0.0530. The van der Waals surface area contributed by atoms with E-state index in [4.69, 9.17) is 5.26 Å². The molecule has 0 bridgehead atoms. The van der Waals surface area contributed by atoms with Crippen molar-refractivity contribution in [3.8, 4) is 11.9 Å². The van der Waals surface area contributed by atoms with Crippen LogP contribution in [0.15, 0.2) is 12.3 Å². The van der Waals surface area contributed by atoms with E-state index in [1.165, 1.54) is 12.3 Å². The molecule has 1 N–H and O–H groups in total.